The number of morpholine rings is 1. The van der Waals surface area contributed by atoms with Gasteiger partial charge in [-0.1, -0.05) is 0 Å². The molecule has 2 unspecified atom stereocenters. The van der Waals surface area contributed by atoms with Crippen LogP contribution in [0, 0.1) is 5.92 Å². The van der Waals surface area contributed by atoms with Crippen LogP contribution in [0.4, 0.5) is 0 Å². The molecule has 3 heterocycles. The van der Waals surface area contributed by atoms with Crippen LogP contribution < -0.4 is 5.32 Å². The molecule has 0 radical (unpaired) electrons. The Hall–Kier alpha value is -1.20. The standard InChI is InChI=1S/C12H17N3O2/c1-15-3-2-11(14-15)12(16)8-4-9-6-17-7-10(5-8)13-9/h2-3,8-10,13H,4-7H2,1H3. The summed E-state index contributed by atoms with van der Waals surface area (Å²) in [6.45, 7) is 1.45. The Kier molecular flexibility index (Phi) is 2.72. The van der Waals surface area contributed by atoms with Crippen molar-refractivity contribution in [1.29, 1.82) is 0 Å². The molecule has 2 bridgehead atoms. The average Bonchev–Trinajstić information content (AvgIpc) is 2.74. The molecular formula is C12H17N3O2. The molecule has 17 heavy (non-hydrogen) atoms. The lowest BCUT2D eigenvalue weighted by Gasteiger charge is -2.39. The van der Waals surface area contributed by atoms with Crippen molar-refractivity contribution in [2.24, 2.45) is 13.0 Å². The molecule has 2 atom stereocenters. The quantitative estimate of drug-likeness (QED) is 0.752. The summed E-state index contributed by atoms with van der Waals surface area (Å²) in [6, 6.07) is 2.47. The van der Waals surface area contributed by atoms with Crippen molar-refractivity contribution in [2.45, 2.75) is 24.9 Å². The number of hydrogen-bond acceptors (Lipinski definition) is 4. The van der Waals surface area contributed by atoms with Crippen LogP contribution in [-0.2, 0) is 11.8 Å². The highest BCUT2D eigenvalue weighted by molar-refractivity contribution is 5.96. The monoisotopic (exact) mass is 235 g/mol. The highest BCUT2D eigenvalue weighted by Crippen LogP contribution is 2.26. The molecular weight excluding hydrogens is 218 g/mol. The molecule has 0 aromatic carbocycles. The summed E-state index contributed by atoms with van der Waals surface area (Å²) < 4.78 is 7.16. The summed E-state index contributed by atoms with van der Waals surface area (Å²) >= 11 is 0. The summed E-state index contributed by atoms with van der Waals surface area (Å²) in [4.78, 5) is 12.3. The van der Waals surface area contributed by atoms with E-state index in [9.17, 15) is 4.79 Å². The second kappa shape index (κ2) is 4.23. The van der Waals surface area contributed by atoms with Gasteiger partial charge in [-0.05, 0) is 18.9 Å². The zero-order valence-electron chi connectivity index (χ0n) is 9.93. The highest BCUT2D eigenvalue weighted by atomic mass is 16.5. The number of fused-ring (bicyclic) bond motifs is 2. The van der Waals surface area contributed by atoms with E-state index in [2.05, 4.69) is 10.4 Å². The van der Waals surface area contributed by atoms with Crippen LogP contribution in [0.5, 0.6) is 0 Å². The van der Waals surface area contributed by atoms with Gasteiger partial charge in [0.2, 0.25) is 0 Å². The summed E-state index contributed by atoms with van der Waals surface area (Å²) in [5.41, 5.74) is 0.596. The molecule has 0 saturated carbocycles. The van der Waals surface area contributed by atoms with Gasteiger partial charge in [0.1, 0.15) is 5.69 Å². The third kappa shape index (κ3) is 2.12. The number of aryl methyl sites for hydroxylation is 1. The fourth-order valence-corrected chi connectivity index (χ4v) is 2.81. The highest BCUT2D eigenvalue weighted by Gasteiger charge is 2.36. The van der Waals surface area contributed by atoms with Crippen LogP contribution in [0.2, 0.25) is 0 Å². The van der Waals surface area contributed by atoms with Crippen LogP contribution in [-0.4, -0.2) is 40.9 Å². The van der Waals surface area contributed by atoms with E-state index in [4.69, 9.17) is 4.74 Å². The number of carbonyl (C=O) groups is 1. The van der Waals surface area contributed by atoms with Crippen LogP contribution in [0.15, 0.2) is 12.3 Å². The van der Waals surface area contributed by atoms with Crippen molar-refractivity contribution < 1.29 is 9.53 Å². The maximum absolute atomic E-state index is 12.3. The number of nitrogens with one attached hydrogen (secondary N) is 1. The Labute approximate surface area is 100 Å². The van der Waals surface area contributed by atoms with Crippen molar-refractivity contribution in [1.82, 2.24) is 15.1 Å². The molecule has 92 valence electrons. The largest absolute Gasteiger partial charge is 0.378 e. The molecule has 1 N–H and O–H groups in total. The molecule has 1 aromatic heterocycles. The molecule has 2 aliphatic rings. The first kappa shape index (κ1) is 10.9. The molecule has 2 fully saturated rings. The van der Waals surface area contributed by atoms with Crippen molar-refractivity contribution >= 4 is 5.78 Å². The van der Waals surface area contributed by atoms with Crippen molar-refractivity contribution in [3.63, 3.8) is 0 Å². The maximum atomic E-state index is 12.3. The van der Waals surface area contributed by atoms with Crippen LogP contribution >= 0.6 is 0 Å². The lowest BCUT2D eigenvalue weighted by atomic mass is 9.83. The minimum absolute atomic E-state index is 0.102. The summed E-state index contributed by atoms with van der Waals surface area (Å²) in [7, 11) is 1.84. The third-order valence-electron chi connectivity index (χ3n) is 3.58. The number of ketones is 1. The minimum atomic E-state index is 0.102. The van der Waals surface area contributed by atoms with Gasteiger partial charge in [0, 0.05) is 31.2 Å². The van der Waals surface area contributed by atoms with Gasteiger partial charge in [-0.3, -0.25) is 9.48 Å². The number of Topliss-reactive ketones (excluding diaryl/α,β-unsaturated/α-hetero) is 1. The zero-order valence-corrected chi connectivity index (χ0v) is 9.93. The van der Waals surface area contributed by atoms with Gasteiger partial charge in [0.05, 0.1) is 13.2 Å². The smallest absolute Gasteiger partial charge is 0.186 e. The van der Waals surface area contributed by atoms with Crippen LogP contribution in [0.1, 0.15) is 23.3 Å². The number of ether oxygens (including phenoxy) is 1. The Balaban J connectivity index is 1.74. The predicted molar refractivity (Wildman–Crippen MR) is 61.8 cm³/mol. The first-order valence-corrected chi connectivity index (χ1v) is 6.10. The molecule has 1 aromatic rings. The Morgan fingerprint density at radius 1 is 1.47 bits per heavy atom. The normalized spacial score (nSPS) is 32.4. The molecule has 5 nitrogen and oxygen atoms in total. The van der Waals surface area contributed by atoms with Crippen molar-refractivity contribution in [3.05, 3.63) is 18.0 Å². The van der Waals surface area contributed by atoms with E-state index in [1.807, 2.05) is 13.2 Å². The fraction of sp³-hybridized carbons (Fsp3) is 0.667. The molecule has 2 aliphatic heterocycles. The van der Waals surface area contributed by atoms with E-state index in [0.29, 0.717) is 17.8 Å². The van der Waals surface area contributed by atoms with E-state index >= 15 is 0 Å². The van der Waals surface area contributed by atoms with Crippen molar-refractivity contribution in [3.8, 4) is 0 Å². The van der Waals surface area contributed by atoms with Gasteiger partial charge in [-0.25, -0.2) is 0 Å². The SMILES string of the molecule is Cn1ccc(C(=O)C2CC3COCC(C2)N3)n1. The molecule has 3 rings (SSSR count). The third-order valence-corrected chi connectivity index (χ3v) is 3.58. The second-order valence-corrected chi connectivity index (χ2v) is 5.01. The summed E-state index contributed by atoms with van der Waals surface area (Å²) in [6.07, 6.45) is 3.55. The number of nitrogens with zero attached hydrogens (tertiary/aromatic N) is 2. The van der Waals surface area contributed by atoms with Gasteiger partial charge in [0.15, 0.2) is 5.78 Å². The van der Waals surface area contributed by atoms with Crippen molar-refractivity contribution in [2.75, 3.05) is 13.2 Å². The van der Waals surface area contributed by atoms with E-state index < -0.39 is 0 Å². The zero-order chi connectivity index (χ0) is 11.8. The van der Waals surface area contributed by atoms with Gasteiger partial charge in [0.25, 0.3) is 0 Å². The minimum Gasteiger partial charge on any atom is -0.378 e. The van der Waals surface area contributed by atoms with Gasteiger partial charge >= 0.3 is 0 Å². The predicted octanol–water partition coefficient (Wildman–Crippen LogP) is 0.370. The van der Waals surface area contributed by atoms with Gasteiger partial charge < -0.3 is 10.1 Å². The second-order valence-electron chi connectivity index (χ2n) is 5.01. The molecule has 2 saturated heterocycles. The summed E-state index contributed by atoms with van der Waals surface area (Å²) in [5.74, 6) is 0.286. The maximum Gasteiger partial charge on any atom is 0.186 e. The van der Waals surface area contributed by atoms with E-state index in [-0.39, 0.29) is 11.7 Å². The Morgan fingerprint density at radius 3 is 2.76 bits per heavy atom. The molecule has 0 spiro atoms. The number of carbonyl (C=O) groups excluding carboxylic acids is 1. The topological polar surface area (TPSA) is 56.1 Å². The van der Waals surface area contributed by atoms with Crippen LogP contribution in [0.25, 0.3) is 0 Å². The first-order valence-electron chi connectivity index (χ1n) is 6.10. The average molecular weight is 235 g/mol. The Bertz CT molecular complexity index is 417. The first-order chi connectivity index (χ1) is 8.22. The summed E-state index contributed by atoms with van der Waals surface area (Å²) in [5, 5.41) is 7.69. The van der Waals surface area contributed by atoms with Gasteiger partial charge in [-0.2, -0.15) is 5.10 Å². The number of rotatable bonds is 2. The number of piperidine rings is 1. The lowest BCUT2D eigenvalue weighted by Crippen LogP contribution is -2.55. The Morgan fingerprint density at radius 2 is 2.18 bits per heavy atom. The van der Waals surface area contributed by atoms with Crippen LogP contribution in [0.3, 0.4) is 0 Å². The molecule has 5 heteroatoms. The number of hydrogen-bond donors (Lipinski definition) is 1. The van der Waals surface area contributed by atoms with Gasteiger partial charge in [-0.15, -0.1) is 0 Å². The fourth-order valence-electron chi connectivity index (χ4n) is 2.81. The molecule has 0 amide bonds. The lowest BCUT2D eigenvalue weighted by molar-refractivity contribution is 0.00942. The number of aromatic nitrogens is 2. The van der Waals surface area contributed by atoms with E-state index in [1.54, 1.807) is 10.7 Å². The van der Waals surface area contributed by atoms with E-state index in [0.717, 1.165) is 26.1 Å². The molecule has 0 aliphatic carbocycles. The van der Waals surface area contributed by atoms with E-state index in [1.165, 1.54) is 0 Å².